The predicted octanol–water partition coefficient (Wildman–Crippen LogP) is 2.58. The Morgan fingerprint density at radius 1 is 1.33 bits per heavy atom. The third-order valence-electron chi connectivity index (χ3n) is 3.87. The monoisotopic (exact) mass is 310 g/mol. The van der Waals surface area contributed by atoms with Crippen molar-refractivity contribution in [3.8, 4) is 0 Å². The molecule has 1 aliphatic heterocycles. The summed E-state index contributed by atoms with van der Waals surface area (Å²) in [5, 5.41) is 0.725. The third kappa shape index (κ3) is 4.43. The fraction of sp³-hybridized carbons (Fsp3) is 0.562. The molecular formula is C16H23ClN2O2. The molecule has 1 atom stereocenters. The number of amides is 1. The van der Waals surface area contributed by atoms with Crippen molar-refractivity contribution in [2.45, 2.75) is 20.0 Å². The van der Waals surface area contributed by atoms with Gasteiger partial charge in [0.25, 0.3) is 0 Å². The molecule has 0 saturated carbocycles. The van der Waals surface area contributed by atoms with Gasteiger partial charge in [0.05, 0.1) is 19.3 Å². The van der Waals surface area contributed by atoms with E-state index in [1.807, 2.05) is 43.0 Å². The Kier molecular flexibility index (Phi) is 6.03. The van der Waals surface area contributed by atoms with Crippen LogP contribution in [0.4, 0.5) is 0 Å². The number of carbonyl (C=O) groups excluding carboxylic acids is 1. The molecule has 0 aromatic heterocycles. The largest absolute Gasteiger partial charge is 0.371 e. The normalized spacial score (nSPS) is 19.5. The van der Waals surface area contributed by atoms with Crippen LogP contribution >= 0.6 is 11.6 Å². The van der Waals surface area contributed by atoms with E-state index in [9.17, 15) is 4.79 Å². The van der Waals surface area contributed by atoms with Gasteiger partial charge in [-0.05, 0) is 31.5 Å². The quantitative estimate of drug-likeness (QED) is 0.838. The molecule has 1 fully saturated rings. The standard InChI is InChI=1S/C16H23ClN2O2/c1-3-19(4-2)16(20)12-18-9-10-21-15(11-18)13-5-7-14(17)8-6-13/h5-8,15H,3-4,9-12H2,1-2H3. The summed E-state index contributed by atoms with van der Waals surface area (Å²) >= 11 is 5.91. The SMILES string of the molecule is CCN(CC)C(=O)CN1CCOC(c2ccc(Cl)cc2)C1. The van der Waals surface area contributed by atoms with Crippen LogP contribution in [0.1, 0.15) is 25.5 Å². The minimum absolute atomic E-state index is 0.0144. The van der Waals surface area contributed by atoms with E-state index in [2.05, 4.69) is 4.90 Å². The molecule has 0 aliphatic carbocycles. The van der Waals surface area contributed by atoms with Crippen molar-refractivity contribution in [1.29, 1.82) is 0 Å². The van der Waals surface area contributed by atoms with Crippen molar-refractivity contribution in [3.05, 3.63) is 34.9 Å². The van der Waals surface area contributed by atoms with E-state index in [1.54, 1.807) is 0 Å². The summed E-state index contributed by atoms with van der Waals surface area (Å²) in [6.07, 6.45) is 0.0144. The molecule has 0 spiro atoms. The first-order valence-electron chi connectivity index (χ1n) is 7.51. The number of hydrogen-bond acceptors (Lipinski definition) is 3. The van der Waals surface area contributed by atoms with Crippen LogP contribution in [-0.4, -0.2) is 55.0 Å². The van der Waals surface area contributed by atoms with Crippen molar-refractivity contribution in [2.24, 2.45) is 0 Å². The van der Waals surface area contributed by atoms with E-state index in [0.29, 0.717) is 13.2 Å². The van der Waals surface area contributed by atoms with E-state index in [4.69, 9.17) is 16.3 Å². The van der Waals surface area contributed by atoms with Crippen LogP contribution in [-0.2, 0) is 9.53 Å². The van der Waals surface area contributed by atoms with Gasteiger partial charge in [-0.1, -0.05) is 23.7 Å². The van der Waals surface area contributed by atoms with E-state index in [1.165, 1.54) is 0 Å². The second-order valence-electron chi connectivity index (χ2n) is 5.21. The number of rotatable bonds is 5. The smallest absolute Gasteiger partial charge is 0.236 e. The molecule has 2 rings (SSSR count). The molecule has 1 heterocycles. The second kappa shape index (κ2) is 7.78. The second-order valence-corrected chi connectivity index (χ2v) is 5.65. The third-order valence-corrected chi connectivity index (χ3v) is 4.12. The van der Waals surface area contributed by atoms with Crippen LogP contribution in [0.3, 0.4) is 0 Å². The summed E-state index contributed by atoms with van der Waals surface area (Å²) in [6, 6.07) is 7.73. The van der Waals surface area contributed by atoms with Gasteiger partial charge in [-0.2, -0.15) is 0 Å². The number of nitrogens with zero attached hydrogens (tertiary/aromatic N) is 2. The molecule has 1 aliphatic rings. The predicted molar refractivity (Wildman–Crippen MR) is 84.5 cm³/mol. The number of halogens is 1. The van der Waals surface area contributed by atoms with Gasteiger partial charge in [0.1, 0.15) is 0 Å². The first-order chi connectivity index (χ1) is 10.1. The number of benzene rings is 1. The van der Waals surface area contributed by atoms with E-state index in [-0.39, 0.29) is 12.0 Å². The highest BCUT2D eigenvalue weighted by molar-refractivity contribution is 6.30. The van der Waals surface area contributed by atoms with E-state index >= 15 is 0 Å². The zero-order chi connectivity index (χ0) is 15.2. The average Bonchev–Trinajstić information content (AvgIpc) is 2.49. The van der Waals surface area contributed by atoms with Gasteiger partial charge in [0, 0.05) is 31.2 Å². The molecule has 0 radical (unpaired) electrons. The zero-order valence-corrected chi connectivity index (χ0v) is 13.5. The van der Waals surface area contributed by atoms with Gasteiger partial charge in [0.15, 0.2) is 0 Å². The Morgan fingerprint density at radius 3 is 2.62 bits per heavy atom. The minimum atomic E-state index is 0.0144. The van der Waals surface area contributed by atoms with Crippen molar-refractivity contribution in [3.63, 3.8) is 0 Å². The van der Waals surface area contributed by atoms with Crippen LogP contribution in [0.5, 0.6) is 0 Å². The zero-order valence-electron chi connectivity index (χ0n) is 12.7. The van der Waals surface area contributed by atoms with Gasteiger partial charge in [-0.3, -0.25) is 9.69 Å². The lowest BCUT2D eigenvalue weighted by atomic mass is 10.1. The molecule has 0 N–H and O–H groups in total. The maximum atomic E-state index is 12.2. The van der Waals surface area contributed by atoms with Gasteiger partial charge < -0.3 is 9.64 Å². The lowest BCUT2D eigenvalue weighted by Crippen LogP contribution is -2.45. The summed E-state index contributed by atoms with van der Waals surface area (Å²) in [6.45, 7) is 8.22. The summed E-state index contributed by atoms with van der Waals surface area (Å²) in [5.41, 5.74) is 1.11. The van der Waals surface area contributed by atoms with E-state index < -0.39 is 0 Å². The molecule has 0 bridgehead atoms. The van der Waals surface area contributed by atoms with Crippen molar-refractivity contribution < 1.29 is 9.53 Å². The van der Waals surface area contributed by atoms with Gasteiger partial charge in [0.2, 0.25) is 5.91 Å². The summed E-state index contributed by atoms with van der Waals surface area (Å²) in [4.78, 5) is 16.2. The highest BCUT2D eigenvalue weighted by Gasteiger charge is 2.24. The summed E-state index contributed by atoms with van der Waals surface area (Å²) in [7, 11) is 0. The molecule has 1 aromatic rings. The van der Waals surface area contributed by atoms with Crippen LogP contribution in [0, 0.1) is 0 Å². The van der Waals surface area contributed by atoms with E-state index in [0.717, 1.165) is 36.8 Å². The Labute approximate surface area is 131 Å². The Hall–Kier alpha value is -1.10. The van der Waals surface area contributed by atoms with Crippen molar-refractivity contribution >= 4 is 17.5 Å². The molecule has 4 nitrogen and oxygen atoms in total. The Balaban J connectivity index is 1.94. The maximum absolute atomic E-state index is 12.2. The van der Waals surface area contributed by atoms with Gasteiger partial charge in [-0.25, -0.2) is 0 Å². The average molecular weight is 311 g/mol. The fourth-order valence-electron chi connectivity index (χ4n) is 2.59. The molecule has 1 saturated heterocycles. The summed E-state index contributed by atoms with van der Waals surface area (Å²) in [5.74, 6) is 0.191. The first-order valence-corrected chi connectivity index (χ1v) is 7.89. The molecule has 1 unspecified atom stereocenters. The van der Waals surface area contributed by atoms with Crippen LogP contribution in [0.25, 0.3) is 0 Å². The molecule has 1 amide bonds. The highest BCUT2D eigenvalue weighted by atomic mass is 35.5. The Bertz CT molecular complexity index is 460. The molecule has 116 valence electrons. The van der Waals surface area contributed by atoms with Crippen molar-refractivity contribution in [1.82, 2.24) is 9.80 Å². The number of carbonyl (C=O) groups is 1. The molecule has 21 heavy (non-hydrogen) atoms. The molecular weight excluding hydrogens is 288 g/mol. The lowest BCUT2D eigenvalue weighted by Gasteiger charge is -2.33. The van der Waals surface area contributed by atoms with Crippen LogP contribution in [0.2, 0.25) is 5.02 Å². The summed E-state index contributed by atoms with van der Waals surface area (Å²) < 4.78 is 5.82. The number of likely N-dealkylation sites (N-methyl/N-ethyl adjacent to an activating group) is 1. The van der Waals surface area contributed by atoms with Crippen LogP contribution < -0.4 is 0 Å². The first kappa shape index (κ1) is 16.3. The van der Waals surface area contributed by atoms with Crippen molar-refractivity contribution in [2.75, 3.05) is 39.3 Å². The highest BCUT2D eigenvalue weighted by Crippen LogP contribution is 2.23. The topological polar surface area (TPSA) is 32.8 Å². The Morgan fingerprint density at radius 2 is 2.00 bits per heavy atom. The van der Waals surface area contributed by atoms with Gasteiger partial charge >= 0.3 is 0 Å². The lowest BCUT2D eigenvalue weighted by molar-refractivity contribution is -0.134. The number of hydrogen-bond donors (Lipinski definition) is 0. The molecule has 1 aromatic carbocycles. The maximum Gasteiger partial charge on any atom is 0.236 e. The minimum Gasteiger partial charge on any atom is -0.371 e. The molecule has 5 heteroatoms. The van der Waals surface area contributed by atoms with Gasteiger partial charge in [-0.15, -0.1) is 0 Å². The number of morpholine rings is 1. The fourth-order valence-corrected chi connectivity index (χ4v) is 2.72. The van der Waals surface area contributed by atoms with Crippen LogP contribution in [0.15, 0.2) is 24.3 Å². The number of ether oxygens (including phenoxy) is 1.